The summed E-state index contributed by atoms with van der Waals surface area (Å²) in [6, 6.07) is 3.96. The zero-order chi connectivity index (χ0) is 10.2. The number of nitrogens with one attached hydrogen (secondary N) is 1. The van der Waals surface area contributed by atoms with E-state index in [1.165, 1.54) is 0 Å². The van der Waals surface area contributed by atoms with Gasteiger partial charge in [-0.25, -0.2) is 0 Å². The molecule has 4 heteroatoms. The first kappa shape index (κ1) is 12.4. The lowest BCUT2D eigenvalue weighted by Gasteiger charge is -2.26. The minimum Gasteiger partial charge on any atom is -0.355 e. The molecule has 1 saturated heterocycles. The number of nitrogens with zero attached hydrogens (tertiary/aromatic N) is 1. The fraction of sp³-hybridized carbons (Fsp3) is 0.545. The van der Waals surface area contributed by atoms with Gasteiger partial charge >= 0.3 is 0 Å². The molecular weight excluding hydrogens is 212 g/mol. The van der Waals surface area contributed by atoms with Crippen LogP contribution in [0.15, 0.2) is 24.5 Å². The van der Waals surface area contributed by atoms with Gasteiger partial charge in [0.2, 0.25) is 0 Å². The Labute approximate surface area is 96.7 Å². The molecule has 0 aliphatic carbocycles. The van der Waals surface area contributed by atoms with E-state index in [1.807, 2.05) is 12.1 Å². The second-order valence-corrected chi connectivity index (χ2v) is 4.57. The predicted octanol–water partition coefficient (Wildman–Crippen LogP) is 2.07. The molecule has 3 nitrogen and oxygen atoms in total. The average Bonchev–Trinajstić information content (AvgIpc) is 2.44. The Hall–Kier alpha value is -0.640. The van der Waals surface area contributed by atoms with Crippen molar-refractivity contribution >= 4 is 12.4 Å². The highest BCUT2D eigenvalue weighted by Gasteiger charge is 2.41. The van der Waals surface area contributed by atoms with Gasteiger partial charge in [-0.1, -0.05) is 0 Å². The van der Waals surface area contributed by atoms with Gasteiger partial charge < -0.3 is 4.74 Å². The van der Waals surface area contributed by atoms with Crippen LogP contribution in [-0.4, -0.2) is 17.1 Å². The van der Waals surface area contributed by atoms with Crippen molar-refractivity contribution in [3.8, 4) is 0 Å². The molecule has 1 aromatic rings. The van der Waals surface area contributed by atoms with E-state index in [4.69, 9.17) is 4.74 Å². The Morgan fingerprint density at radius 2 is 1.87 bits per heavy atom. The molecule has 1 unspecified atom stereocenters. The number of rotatable bonds is 1. The first-order valence-electron chi connectivity index (χ1n) is 4.86. The molecule has 0 radical (unpaired) electrons. The minimum absolute atomic E-state index is 0. The number of pyridine rings is 1. The SMILES string of the molecule is CC1(C)COC(C)(c2ccncc2)N1.Cl. The number of hydrogen-bond acceptors (Lipinski definition) is 3. The highest BCUT2D eigenvalue weighted by atomic mass is 35.5. The normalized spacial score (nSPS) is 28.5. The number of halogens is 1. The molecule has 84 valence electrons. The van der Waals surface area contributed by atoms with Gasteiger partial charge in [-0.2, -0.15) is 0 Å². The van der Waals surface area contributed by atoms with Gasteiger partial charge in [-0.15, -0.1) is 12.4 Å². The van der Waals surface area contributed by atoms with Crippen LogP contribution in [-0.2, 0) is 10.5 Å². The van der Waals surface area contributed by atoms with E-state index in [-0.39, 0.29) is 23.7 Å². The van der Waals surface area contributed by atoms with Gasteiger partial charge in [0.25, 0.3) is 0 Å². The maximum absolute atomic E-state index is 5.80. The van der Waals surface area contributed by atoms with E-state index in [9.17, 15) is 0 Å². The molecular formula is C11H17ClN2O. The van der Waals surface area contributed by atoms with E-state index in [0.717, 1.165) is 12.2 Å². The number of ether oxygens (including phenoxy) is 1. The van der Waals surface area contributed by atoms with E-state index in [1.54, 1.807) is 12.4 Å². The summed E-state index contributed by atoms with van der Waals surface area (Å²) < 4.78 is 5.80. The molecule has 0 amide bonds. The van der Waals surface area contributed by atoms with Crippen LogP contribution in [0.25, 0.3) is 0 Å². The predicted molar refractivity (Wildman–Crippen MR) is 62.0 cm³/mol. The van der Waals surface area contributed by atoms with Crippen LogP contribution in [0.3, 0.4) is 0 Å². The summed E-state index contributed by atoms with van der Waals surface area (Å²) >= 11 is 0. The summed E-state index contributed by atoms with van der Waals surface area (Å²) in [4.78, 5) is 4.00. The summed E-state index contributed by atoms with van der Waals surface area (Å²) in [5, 5.41) is 3.47. The van der Waals surface area contributed by atoms with E-state index in [2.05, 4.69) is 31.1 Å². The number of aromatic nitrogens is 1. The molecule has 1 aliphatic heterocycles. The van der Waals surface area contributed by atoms with Crippen molar-refractivity contribution < 1.29 is 4.74 Å². The van der Waals surface area contributed by atoms with Crippen molar-refractivity contribution in [2.75, 3.05) is 6.61 Å². The Bertz CT molecular complexity index is 329. The van der Waals surface area contributed by atoms with Crippen LogP contribution < -0.4 is 5.32 Å². The summed E-state index contributed by atoms with van der Waals surface area (Å²) in [5.41, 5.74) is 0.794. The van der Waals surface area contributed by atoms with Crippen LogP contribution in [0.1, 0.15) is 26.3 Å². The lowest BCUT2D eigenvalue weighted by atomic mass is 10.0. The Kier molecular flexibility index (Phi) is 3.38. The van der Waals surface area contributed by atoms with Gasteiger partial charge in [-0.05, 0) is 32.9 Å². The third-order valence-electron chi connectivity index (χ3n) is 2.53. The van der Waals surface area contributed by atoms with Crippen LogP contribution in [0.2, 0.25) is 0 Å². The quantitative estimate of drug-likeness (QED) is 0.799. The summed E-state index contributed by atoms with van der Waals surface area (Å²) in [6.45, 7) is 7.06. The second kappa shape index (κ2) is 4.08. The van der Waals surface area contributed by atoms with Gasteiger partial charge in [0, 0.05) is 23.5 Å². The molecule has 0 bridgehead atoms. The largest absolute Gasteiger partial charge is 0.355 e. The lowest BCUT2D eigenvalue weighted by molar-refractivity contribution is 0.00212. The lowest BCUT2D eigenvalue weighted by Crippen LogP contribution is -2.44. The molecule has 0 aromatic carbocycles. The van der Waals surface area contributed by atoms with Crippen LogP contribution in [0.4, 0.5) is 0 Å². The standard InChI is InChI=1S/C11H16N2O.ClH/c1-10(2)8-14-11(3,13-10)9-4-6-12-7-5-9;/h4-7,13H,8H2,1-3H3;1H. The Morgan fingerprint density at radius 3 is 2.33 bits per heavy atom. The van der Waals surface area contributed by atoms with E-state index in [0.29, 0.717) is 0 Å². The second-order valence-electron chi connectivity index (χ2n) is 4.57. The molecule has 1 fully saturated rings. The van der Waals surface area contributed by atoms with Crippen molar-refractivity contribution in [3.05, 3.63) is 30.1 Å². The van der Waals surface area contributed by atoms with Gasteiger partial charge in [0.15, 0.2) is 0 Å². The molecule has 1 aliphatic rings. The van der Waals surface area contributed by atoms with Gasteiger partial charge in [0.05, 0.1) is 6.61 Å². The fourth-order valence-corrected chi connectivity index (χ4v) is 1.87. The first-order chi connectivity index (χ1) is 6.52. The highest BCUT2D eigenvalue weighted by Crippen LogP contribution is 2.31. The monoisotopic (exact) mass is 228 g/mol. The highest BCUT2D eigenvalue weighted by molar-refractivity contribution is 5.85. The zero-order valence-corrected chi connectivity index (χ0v) is 10.1. The fourth-order valence-electron chi connectivity index (χ4n) is 1.87. The molecule has 1 aromatic heterocycles. The maximum Gasteiger partial charge on any atom is 0.143 e. The summed E-state index contributed by atoms with van der Waals surface area (Å²) in [6.07, 6.45) is 3.58. The van der Waals surface area contributed by atoms with Crippen molar-refractivity contribution in [2.24, 2.45) is 0 Å². The third-order valence-corrected chi connectivity index (χ3v) is 2.53. The van der Waals surface area contributed by atoms with Crippen molar-refractivity contribution in [3.63, 3.8) is 0 Å². The molecule has 0 spiro atoms. The van der Waals surface area contributed by atoms with Gasteiger partial charge in [0.1, 0.15) is 5.72 Å². The first-order valence-corrected chi connectivity index (χ1v) is 4.86. The van der Waals surface area contributed by atoms with Gasteiger partial charge in [-0.3, -0.25) is 10.3 Å². The molecule has 1 atom stereocenters. The van der Waals surface area contributed by atoms with Crippen LogP contribution >= 0.6 is 12.4 Å². The Balaban J connectivity index is 0.00000112. The minimum atomic E-state index is -0.369. The molecule has 2 heterocycles. The van der Waals surface area contributed by atoms with Crippen molar-refractivity contribution in [1.82, 2.24) is 10.3 Å². The topological polar surface area (TPSA) is 34.1 Å². The van der Waals surface area contributed by atoms with E-state index >= 15 is 0 Å². The zero-order valence-electron chi connectivity index (χ0n) is 9.28. The summed E-state index contributed by atoms with van der Waals surface area (Å²) in [7, 11) is 0. The maximum atomic E-state index is 5.80. The van der Waals surface area contributed by atoms with Crippen molar-refractivity contribution in [2.45, 2.75) is 32.0 Å². The smallest absolute Gasteiger partial charge is 0.143 e. The molecule has 1 N–H and O–H groups in total. The molecule has 0 saturated carbocycles. The number of hydrogen-bond donors (Lipinski definition) is 1. The van der Waals surface area contributed by atoms with Crippen LogP contribution in [0.5, 0.6) is 0 Å². The van der Waals surface area contributed by atoms with Crippen molar-refractivity contribution in [1.29, 1.82) is 0 Å². The van der Waals surface area contributed by atoms with Crippen LogP contribution in [0, 0.1) is 0 Å². The van der Waals surface area contributed by atoms with E-state index < -0.39 is 0 Å². The molecule has 2 rings (SSSR count). The molecule has 15 heavy (non-hydrogen) atoms. The summed E-state index contributed by atoms with van der Waals surface area (Å²) in [5.74, 6) is 0. The average molecular weight is 229 g/mol. The Morgan fingerprint density at radius 1 is 1.27 bits per heavy atom. The third kappa shape index (κ3) is 2.48.